The highest BCUT2D eigenvalue weighted by Gasteiger charge is 2.16. The molecule has 6 heteroatoms. The number of nitrogens with one attached hydrogen (secondary N) is 1. The lowest BCUT2D eigenvalue weighted by molar-refractivity contribution is 0.593. The Morgan fingerprint density at radius 1 is 1.14 bits per heavy atom. The van der Waals surface area contributed by atoms with Gasteiger partial charge in [0.25, 0.3) is 10.0 Å². The van der Waals surface area contributed by atoms with Gasteiger partial charge in [-0.1, -0.05) is 25.5 Å². The monoisotopic (exact) mass is 385 g/mol. The number of rotatable bonds is 6. The van der Waals surface area contributed by atoms with E-state index in [2.05, 4.69) is 27.6 Å². The molecule has 0 aliphatic carbocycles. The van der Waals surface area contributed by atoms with Crippen molar-refractivity contribution in [3.05, 3.63) is 58.3 Å². The zero-order chi connectivity index (χ0) is 16.2. The first-order valence-corrected chi connectivity index (χ1v) is 9.27. The van der Waals surface area contributed by atoms with E-state index < -0.39 is 15.8 Å². The molecule has 0 aliphatic heterocycles. The average molecular weight is 386 g/mol. The second-order valence-corrected chi connectivity index (χ2v) is 7.52. The van der Waals surface area contributed by atoms with Crippen molar-refractivity contribution in [2.24, 2.45) is 0 Å². The van der Waals surface area contributed by atoms with Crippen LogP contribution in [0.3, 0.4) is 0 Å². The predicted octanol–water partition coefficient (Wildman–Crippen LogP) is 4.73. The van der Waals surface area contributed by atoms with Gasteiger partial charge in [0, 0.05) is 5.69 Å². The highest BCUT2D eigenvalue weighted by molar-refractivity contribution is 9.10. The first kappa shape index (κ1) is 17.0. The summed E-state index contributed by atoms with van der Waals surface area (Å²) in [7, 11) is -3.79. The maximum atomic E-state index is 13.5. The smallest absolute Gasteiger partial charge is 0.261 e. The molecule has 0 spiro atoms. The number of hydrogen-bond acceptors (Lipinski definition) is 2. The summed E-state index contributed by atoms with van der Waals surface area (Å²) in [5, 5.41) is 0. The molecule has 0 bridgehead atoms. The number of aryl methyl sites for hydroxylation is 1. The molecule has 1 N–H and O–H groups in total. The molecule has 0 heterocycles. The van der Waals surface area contributed by atoms with E-state index >= 15 is 0 Å². The number of halogens is 2. The summed E-state index contributed by atoms with van der Waals surface area (Å²) in [6.07, 6.45) is 3.19. The third-order valence-corrected chi connectivity index (χ3v) is 5.25. The molecule has 22 heavy (non-hydrogen) atoms. The minimum absolute atomic E-state index is 0.108. The molecule has 0 aromatic heterocycles. The van der Waals surface area contributed by atoms with Gasteiger partial charge in [0.05, 0.1) is 9.37 Å². The van der Waals surface area contributed by atoms with Crippen LogP contribution in [0.1, 0.15) is 25.3 Å². The fourth-order valence-electron chi connectivity index (χ4n) is 1.98. The Bertz CT molecular complexity index is 745. The van der Waals surface area contributed by atoms with Gasteiger partial charge in [-0.05, 0) is 64.7 Å². The third-order valence-electron chi connectivity index (χ3n) is 3.23. The summed E-state index contributed by atoms with van der Waals surface area (Å²) in [4.78, 5) is -0.108. The highest BCUT2D eigenvalue weighted by Crippen LogP contribution is 2.22. The zero-order valence-electron chi connectivity index (χ0n) is 12.1. The van der Waals surface area contributed by atoms with E-state index in [0.29, 0.717) is 5.69 Å². The number of benzene rings is 2. The second-order valence-electron chi connectivity index (χ2n) is 4.98. The summed E-state index contributed by atoms with van der Waals surface area (Å²) in [6, 6.07) is 11.0. The van der Waals surface area contributed by atoms with Crippen molar-refractivity contribution in [3.8, 4) is 0 Å². The van der Waals surface area contributed by atoms with Crippen LogP contribution < -0.4 is 4.72 Å². The van der Waals surface area contributed by atoms with Gasteiger partial charge in [-0.15, -0.1) is 0 Å². The van der Waals surface area contributed by atoms with Crippen molar-refractivity contribution < 1.29 is 12.8 Å². The Morgan fingerprint density at radius 2 is 1.82 bits per heavy atom. The van der Waals surface area contributed by atoms with Crippen molar-refractivity contribution >= 4 is 31.6 Å². The maximum Gasteiger partial charge on any atom is 0.261 e. The zero-order valence-corrected chi connectivity index (χ0v) is 14.5. The van der Waals surface area contributed by atoms with Crippen molar-refractivity contribution in [2.45, 2.75) is 31.1 Å². The van der Waals surface area contributed by atoms with Gasteiger partial charge in [0.1, 0.15) is 5.82 Å². The van der Waals surface area contributed by atoms with Crippen LogP contribution in [0, 0.1) is 5.82 Å². The van der Waals surface area contributed by atoms with Crippen molar-refractivity contribution in [1.82, 2.24) is 0 Å². The van der Waals surface area contributed by atoms with Gasteiger partial charge in [-0.2, -0.15) is 0 Å². The van der Waals surface area contributed by atoms with Crippen molar-refractivity contribution in [1.29, 1.82) is 0 Å². The van der Waals surface area contributed by atoms with E-state index in [0.717, 1.165) is 25.3 Å². The lowest BCUT2D eigenvalue weighted by Gasteiger charge is -2.09. The van der Waals surface area contributed by atoms with E-state index in [4.69, 9.17) is 0 Å². The van der Waals surface area contributed by atoms with Crippen LogP contribution in [-0.2, 0) is 16.4 Å². The molecule has 0 saturated heterocycles. The Hall–Kier alpha value is -1.40. The number of unbranched alkanes of at least 4 members (excludes halogenated alkanes) is 1. The molecule has 0 radical (unpaired) electrons. The van der Waals surface area contributed by atoms with Crippen LogP contribution in [0.15, 0.2) is 51.8 Å². The largest absolute Gasteiger partial charge is 0.280 e. The molecule has 0 aliphatic rings. The first-order valence-electron chi connectivity index (χ1n) is 6.99. The lowest BCUT2D eigenvalue weighted by Crippen LogP contribution is -2.13. The average Bonchev–Trinajstić information content (AvgIpc) is 2.49. The van der Waals surface area contributed by atoms with Gasteiger partial charge in [0.2, 0.25) is 0 Å². The van der Waals surface area contributed by atoms with Gasteiger partial charge in [-0.3, -0.25) is 4.72 Å². The van der Waals surface area contributed by atoms with Crippen LogP contribution in [0.4, 0.5) is 10.1 Å². The molecule has 0 unspecified atom stereocenters. The molecular weight excluding hydrogens is 369 g/mol. The van der Waals surface area contributed by atoms with E-state index in [-0.39, 0.29) is 9.37 Å². The minimum atomic E-state index is -3.79. The molecule has 118 valence electrons. The Kier molecular flexibility index (Phi) is 5.58. The molecule has 2 aromatic carbocycles. The second kappa shape index (κ2) is 7.24. The first-order chi connectivity index (χ1) is 10.4. The number of anilines is 1. The molecule has 0 saturated carbocycles. The highest BCUT2D eigenvalue weighted by atomic mass is 79.9. The third kappa shape index (κ3) is 4.30. The molecule has 2 rings (SSSR count). The Morgan fingerprint density at radius 3 is 2.41 bits per heavy atom. The van der Waals surface area contributed by atoms with E-state index in [1.54, 1.807) is 12.1 Å². The molecular formula is C16H17BrFNO2S. The Labute approximate surface area is 138 Å². The SMILES string of the molecule is CCCCc1ccc(NS(=O)(=O)c2ccc(Br)c(F)c2)cc1. The molecule has 0 amide bonds. The number of hydrogen-bond donors (Lipinski definition) is 1. The van der Waals surface area contributed by atoms with Gasteiger partial charge < -0.3 is 0 Å². The topological polar surface area (TPSA) is 46.2 Å². The maximum absolute atomic E-state index is 13.5. The quantitative estimate of drug-likeness (QED) is 0.780. The van der Waals surface area contributed by atoms with Crippen molar-refractivity contribution in [2.75, 3.05) is 4.72 Å². The van der Waals surface area contributed by atoms with E-state index in [1.165, 1.54) is 17.7 Å². The summed E-state index contributed by atoms with van der Waals surface area (Å²) in [5.41, 5.74) is 1.63. The standard InChI is InChI=1S/C16H17BrFNO2S/c1-2-3-4-12-5-7-13(8-6-12)19-22(20,21)14-9-10-15(17)16(18)11-14/h5-11,19H,2-4H2,1H3. The van der Waals surface area contributed by atoms with Gasteiger partial charge in [0.15, 0.2) is 0 Å². The summed E-state index contributed by atoms with van der Waals surface area (Å²) < 4.78 is 40.6. The van der Waals surface area contributed by atoms with Crippen LogP contribution >= 0.6 is 15.9 Å². The minimum Gasteiger partial charge on any atom is -0.280 e. The van der Waals surface area contributed by atoms with E-state index in [1.807, 2.05) is 12.1 Å². The summed E-state index contributed by atoms with van der Waals surface area (Å²) in [6.45, 7) is 2.12. The van der Waals surface area contributed by atoms with Crippen LogP contribution in [0.25, 0.3) is 0 Å². The predicted molar refractivity (Wildman–Crippen MR) is 90.0 cm³/mol. The molecule has 2 aromatic rings. The fourth-order valence-corrected chi connectivity index (χ4v) is 3.30. The fraction of sp³-hybridized carbons (Fsp3) is 0.250. The number of sulfonamides is 1. The Balaban J connectivity index is 2.16. The van der Waals surface area contributed by atoms with E-state index in [9.17, 15) is 12.8 Å². The van der Waals surface area contributed by atoms with Gasteiger partial charge in [-0.25, -0.2) is 12.8 Å². The molecule has 0 fully saturated rings. The normalized spacial score (nSPS) is 11.4. The van der Waals surface area contributed by atoms with Crippen molar-refractivity contribution in [3.63, 3.8) is 0 Å². The lowest BCUT2D eigenvalue weighted by atomic mass is 10.1. The molecule has 0 atom stereocenters. The summed E-state index contributed by atoms with van der Waals surface area (Å²) in [5.74, 6) is -0.613. The van der Waals surface area contributed by atoms with Crippen LogP contribution in [-0.4, -0.2) is 8.42 Å². The summed E-state index contributed by atoms with van der Waals surface area (Å²) >= 11 is 3.00. The molecule has 3 nitrogen and oxygen atoms in total. The van der Waals surface area contributed by atoms with Crippen LogP contribution in [0.2, 0.25) is 0 Å². The van der Waals surface area contributed by atoms with Crippen LogP contribution in [0.5, 0.6) is 0 Å². The van der Waals surface area contributed by atoms with Gasteiger partial charge >= 0.3 is 0 Å².